The van der Waals surface area contributed by atoms with Crippen LogP contribution in [0.3, 0.4) is 0 Å². The van der Waals surface area contributed by atoms with Crippen LogP contribution in [0.15, 0.2) is 83.5 Å². The first-order chi connectivity index (χ1) is 10.4. The molecule has 0 fully saturated rings. The third-order valence-corrected chi connectivity index (χ3v) is 6.22. The minimum Gasteiger partial charge on any atom is -0.0883 e. The van der Waals surface area contributed by atoms with E-state index in [4.69, 9.17) is 0 Å². The Balaban J connectivity index is 2.05. The maximum absolute atomic E-state index is 2.24. The van der Waals surface area contributed by atoms with E-state index < -0.39 is 0 Å². The quantitative estimate of drug-likeness (QED) is 0.595. The van der Waals surface area contributed by atoms with Crippen LogP contribution in [-0.2, 0) is 0 Å². The van der Waals surface area contributed by atoms with E-state index in [2.05, 4.69) is 85.8 Å². The standard InChI is InChI=1S/C19H17PS/c1-2-3-14-17-20-18(15-10-6-4-7-11-15)19(21-17)16-12-8-5-9-13-16/h2-14,20H,1H3/b3-2-,17-14-. The van der Waals surface area contributed by atoms with Gasteiger partial charge in [-0.3, -0.25) is 0 Å². The van der Waals surface area contributed by atoms with Gasteiger partial charge in [0, 0.05) is 9.55 Å². The Morgan fingerprint density at radius 2 is 1.48 bits per heavy atom. The average Bonchev–Trinajstić information content (AvgIpc) is 2.99. The summed E-state index contributed by atoms with van der Waals surface area (Å²) in [7, 11) is 0.736. The van der Waals surface area contributed by atoms with Gasteiger partial charge >= 0.3 is 0 Å². The van der Waals surface area contributed by atoms with Crippen molar-refractivity contribution in [3.63, 3.8) is 0 Å². The fourth-order valence-electron chi connectivity index (χ4n) is 2.23. The molecule has 3 rings (SSSR count). The number of rotatable bonds is 3. The fourth-order valence-corrected chi connectivity index (χ4v) is 5.18. The summed E-state index contributed by atoms with van der Waals surface area (Å²) in [6, 6.07) is 21.4. The van der Waals surface area contributed by atoms with Crippen LogP contribution in [0.25, 0.3) is 10.2 Å². The van der Waals surface area contributed by atoms with Gasteiger partial charge in [0.05, 0.1) is 0 Å². The third kappa shape index (κ3) is 3.37. The molecule has 0 saturated carbocycles. The van der Waals surface area contributed by atoms with Crippen LogP contribution in [0.5, 0.6) is 0 Å². The Bertz CT molecular complexity index is 643. The summed E-state index contributed by atoms with van der Waals surface area (Å²) in [6.07, 6.45) is 6.45. The molecule has 2 aromatic rings. The highest BCUT2D eigenvalue weighted by atomic mass is 32.2. The molecule has 0 nitrogen and oxygen atoms in total. The molecular formula is C19H17PS. The molecular weight excluding hydrogens is 291 g/mol. The molecule has 1 heterocycles. The lowest BCUT2D eigenvalue weighted by Gasteiger charge is -2.06. The second-order valence-electron chi connectivity index (χ2n) is 4.72. The summed E-state index contributed by atoms with van der Waals surface area (Å²) in [5.74, 6) is 0. The van der Waals surface area contributed by atoms with Gasteiger partial charge in [-0.15, -0.1) is 0 Å². The van der Waals surface area contributed by atoms with Crippen molar-refractivity contribution < 1.29 is 0 Å². The van der Waals surface area contributed by atoms with Gasteiger partial charge in [-0.2, -0.15) is 0 Å². The molecule has 2 aromatic carbocycles. The largest absolute Gasteiger partial charge is 0.0883 e. The van der Waals surface area contributed by atoms with Gasteiger partial charge in [0.25, 0.3) is 0 Å². The molecule has 21 heavy (non-hydrogen) atoms. The molecule has 0 aromatic heterocycles. The van der Waals surface area contributed by atoms with Crippen LogP contribution in [-0.4, -0.2) is 0 Å². The van der Waals surface area contributed by atoms with Crippen molar-refractivity contribution >= 4 is 30.6 Å². The summed E-state index contributed by atoms with van der Waals surface area (Å²) in [6.45, 7) is 2.06. The lowest BCUT2D eigenvalue weighted by molar-refractivity contribution is 1.63. The zero-order valence-electron chi connectivity index (χ0n) is 11.9. The van der Waals surface area contributed by atoms with E-state index in [1.165, 1.54) is 26.0 Å². The van der Waals surface area contributed by atoms with E-state index in [1.807, 2.05) is 11.8 Å². The van der Waals surface area contributed by atoms with Crippen molar-refractivity contribution in [1.29, 1.82) is 0 Å². The molecule has 1 atom stereocenters. The van der Waals surface area contributed by atoms with E-state index in [0.717, 1.165) is 8.58 Å². The average molecular weight is 308 g/mol. The minimum atomic E-state index is 0.736. The van der Waals surface area contributed by atoms with E-state index in [0.29, 0.717) is 0 Å². The van der Waals surface area contributed by atoms with Crippen molar-refractivity contribution in [2.75, 3.05) is 0 Å². The molecule has 0 aliphatic carbocycles. The molecule has 1 unspecified atom stereocenters. The van der Waals surface area contributed by atoms with Crippen molar-refractivity contribution in [3.05, 3.63) is 94.7 Å². The summed E-state index contributed by atoms with van der Waals surface area (Å²) in [5, 5.41) is 1.46. The maximum atomic E-state index is 2.24. The smallest absolute Gasteiger partial charge is 0.0278 e. The number of hydrogen-bond donors (Lipinski definition) is 0. The summed E-state index contributed by atoms with van der Waals surface area (Å²) in [4.78, 5) is 1.40. The van der Waals surface area contributed by atoms with Crippen molar-refractivity contribution in [2.45, 2.75) is 6.92 Å². The lowest BCUT2D eigenvalue weighted by atomic mass is 10.1. The Labute approximate surface area is 132 Å². The molecule has 104 valence electrons. The number of hydrogen-bond acceptors (Lipinski definition) is 1. The molecule has 0 bridgehead atoms. The van der Waals surface area contributed by atoms with Crippen LogP contribution in [0.2, 0.25) is 0 Å². The van der Waals surface area contributed by atoms with Gasteiger partial charge in [0.2, 0.25) is 0 Å². The maximum Gasteiger partial charge on any atom is 0.0278 e. The minimum absolute atomic E-state index is 0.736. The molecule has 0 N–H and O–H groups in total. The lowest BCUT2D eigenvalue weighted by Crippen LogP contribution is -1.81. The van der Waals surface area contributed by atoms with E-state index >= 15 is 0 Å². The molecule has 1 aliphatic heterocycles. The van der Waals surface area contributed by atoms with Gasteiger partial charge in [-0.05, 0) is 38.0 Å². The number of allylic oxidation sites excluding steroid dienone is 3. The van der Waals surface area contributed by atoms with Crippen LogP contribution < -0.4 is 0 Å². The van der Waals surface area contributed by atoms with Gasteiger partial charge in [0.15, 0.2) is 0 Å². The molecule has 0 saturated heterocycles. The fraction of sp³-hybridized carbons (Fsp3) is 0.0526. The van der Waals surface area contributed by atoms with Crippen LogP contribution in [0.4, 0.5) is 0 Å². The second-order valence-corrected chi connectivity index (χ2v) is 7.42. The van der Waals surface area contributed by atoms with Gasteiger partial charge in [-0.1, -0.05) is 84.6 Å². The molecule has 0 radical (unpaired) electrons. The van der Waals surface area contributed by atoms with Crippen LogP contribution in [0.1, 0.15) is 18.1 Å². The molecule has 2 heteroatoms. The Hall–Kier alpha value is -1.56. The SMILES string of the molecule is C/C=C\C=C1\PC(c2ccccc2)=C(c2ccccc2)S1. The number of benzene rings is 2. The molecule has 1 aliphatic rings. The predicted molar refractivity (Wildman–Crippen MR) is 98.5 cm³/mol. The Morgan fingerprint density at radius 3 is 2.10 bits per heavy atom. The first kappa shape index (κ1) is 14.4. The van der Waals surface area contributed by atoms with Crippen molar-refractivity contribution in [2.24, 2.45) is 0 Å². The monoisotopic (exact) mass is 308 g/mol. The van der Waals surface area contributed by atoms with E-state index in [-0.39, 0.29) is 0 Å². The molecule has 0 amide bonds. The molecule has 0 spiro atoms. The Kier molecular flexibility index (Phi) is 4.75. The van der Waals surface area contributed by atoms with Crippen LogP contribution in [0, 0.1) is 0 Å². The zero-order chi connectivity index (χ0) is 14.5. The van der Waals surface area contributed by atoms with Crippen LogP contribution >= 0.6 is 20.3 Å². The summed E-state index contributed by atoms with van der Waals surface area (Å²) in [5.41, 5.74) is 2.66. The summed E-state index contributed by atoms with van der Waals surface area (Å²) < 4.78 is 1.44. The van der Waals surface area contributed by atoms with Crippen molar-refractivity contribution in [3.8, 4) is 0 Å². The van der Waals surface area contributed by atoms with E-state index in [1.54, 1.807) is 0 Å². The topological polar surface area (TPSA) is 0 Å². The third-order valence-electron chi connectivity index (χ3n) is 3.23. The first-order valence-electron chi connectivity index (χ1n) is 7.01. The highest BCUT2D eigenvalue weighted by Crippen LogP contribution is 2.61. The van der Waals surface area contributed by atoms with Crippen molar-refractivity contribution in [1.82, 2.24) is 0 Å². The van der Waals surface area contributed by atoms with Gasteiger partial charge < -0.3 is 0 Å². The Morgan fingerprint density at radius 1 is 0.857 bits per heavy atom. The first-order valence-corrected chi connectivity index (χ1v) is 8.83. The predicted octanol–water partition coefficient (Wildman–Crippen LogP) is 6.36. The number of thioether (sulfide) groups is 1. The highest BCUT2D eigenvalue weighted by Gasteiger charge is 2.21. The zero-order valence-corrected chi connectivity index (χ0v) is 13.7. The van der Waals surface area contributed by atoms with Gasteiger partial charge in [-0.25, -0.2) is 0 Å². The second kappa shape index (κ2) is 6.93. The van der Waals surface area contributed by atoms with Gasteiger partial charge in [0.1, 0.15) is 0 Å². The summed E-state index contributed by atoms with van der Waals surface area (Å²) >= 11 is 1.91. The highest BCUT2D eigenvalue weighted by molar-refractivity contribution is 8.19. The van der Waals surface area contributed by atoms with E-state index in [9.17, 15) is 0 Å². The normalized spacial score (nSPS) is 18.2.